The first kappa shape index (κ1) is 10.3. The molecule has 0 amide bonds. The van der Waals surface area contributed by atoms with Crippen LogP contribution in [0.4, 0.5) is 4.39 Å². The van der Waals surface area contributed by atoms with Crippen LogP contribution in [0.1, 0.15) is 5.56 Å². The van der Waals surface area contributed by atoms with E-state index >= 15 is 0 Å². The van der Waals surface area contributed by atoms with Crippen LogP contribution >= 0.6 is 0 Å². The van der Waals surface area contributed by atoms with Crippen molar-refractivity contribution < 1.29 is 18.8 Å². The van der Waals surface area contributed by atoms with E-state index in [1.54, 1.807) is 0 Å². The van der Waals surface area contributed by atoms with Gasteiger partial charge in [-0.3, -0.25) is 9.78 Å². The van der Waals surface area contributed by atoms with Gasteiger partial charge in [-0.15, -0.1) is 0 Å². The number of carboxylic acids is 1. The Balaban J connectivity index is 2.36. The van der Waals surface area contributed by atoms with E-state index in [0.717, 1.165) is 6.20 Å². The van der Waals surface area contributed by atoms with Crippen molar-refractivity contribution in [2.45, 2.75) is 6.42 Å². The molecule has 16 heavy (non-hydrogen) atoms. The second-order valence-corrected chi connectivity index (χ2v) is 3.12. The summed E-state index contributed by atoms with van der Waals surface area (Å²) in [5.74, 6) is -1.46. The number of aliphatic carboxylic acids is 1. The number of aromatic nitrogens is 2. The number of nitrogens with zero attached hydrogens (tertiary/aromatic N) is 2. The van der Waals surface area contributed by atoms with Crippen LogP contribution < -0.4 is 0 Å². The van der Waals surface area contributed by atoms with E-state index in [1.165, 1.54) is 18.4 Å². The molecule has 0 saturated heterocycles. The maximum Gasteiger partial charge on any atom is 0.308 e. The number of hydrogen-bond donors (Lipinski definition) is 1. The number of hydrogen-bond acceptors (Lipinski definition) is 4. The normalized spacial score (nSPS) is 10.3. The number of pyridine rings is 1. The Labute approximate surface area is 89.5 Å². The van der Waals surface area contributed by atoms with Gasteiger partial charge in [0.15, 0.2) is 0 Å². The Morgan fingerprint density at radius 2 is 2.31 bits per heavy atom. The first-order valence-electron chi connectivity index (χ1n) is 4.44. The highest BCUT2D eigenvalue weighted by molar-refractivity contribution is 5.73. The second-order valence-electron chi connectivity index (χ2n) is 3.12. The Morgan fingerprint density at radius 3 is 2.94 bits per heavy atom. The molecule has 6 heteroatoms. The van der Waals surface area contributed by atoms with Crippen LogP contribution in [0.15, 0.2) is 29.1 Å². The Morgan fingerprint density at radius 1 is 1.50 bits per heavy atom. The third-order valence-corrected chi connectivity index (χ3v) is 1.95. The van der Waals surface area contributed by atoms with Crippen LogP contribution in [0.2, 0.25) is 0 Å². The lowest BCUT2D eigenvalue weighted by Gasteiger charge is -1.97. The highest BCUT2D eigenvalue weighted by Gasteiger charge is 2.14. The maximum atomic E-state index is 12.6. The highest BCUT2D eigenvalue weighted by atomic mass is 19.1. The Hall–Kier alpha value is -2.24. The molecule has 0 aromatic carbocycles. The fourth-order valence-corrected chi connectivity index (χ4v) is 1.27. The molecule has 0 spiro atoms. The average Bonchev–Trinajstić information content (AvgIpc) is 2.66. The molecular weight excluding hydrogens is 215 g/mol. The number of halogens is 1. The van der Waals surface area contributed by atoms with Crippen LogP contribution in [-0.2, 0) is 11.2 Å². The van der Waals surface area contributed by atoms with Gasteiger partial charge in [0.25, 0.3) is 0 Å². The van der Waals surface area contributed by atoms with E-state index in [1.807, 2.05) is 0 Å². The quantitative estimate of drug-likeness (QED) is 0.851. The van der Waals surface area contributed by atoms with Crippen LogP contribution in [0.3, 0.4) is 0 Å². The van der Waals surface area contributed by atoms with Crippen molar-refractivity contribution in [2.24, 2.45) is 0 Å². The summed E-state index contributed by atoms with van der Waals surface area (Å²) in [5, 5.41) is 12.3. The van der Waals surface area contributed by atoms with Gasteiger partial charge in [-0.05, 0) is 12.1 Å². The van der Waals surface area contributed by atoms with Crippen molar-refractivity contribution in [2.75, 3.05) is 0 Å². The number of rotatable bonds is 3. The van der Waals surface area contributed by atoms with Crippen molar-refractivity contribution in [3.05, 3.63) is 36.0 Å². The molecule has 0 aliphatic heterocycles. The minimum Gasteiger partial charge on any atom is -0.481 e. The highest BCUT2D eigenvalue weighted by Crippen LogP contribution is 2.20. The van der Waals surface area contributed by atoms with Crippen LogP contribution in [-0.4, -0.2) is 21.2 Å². The van der Waals surface area contributed by atoms with E-state index in [9.17, 15) is 9.18 Å². The monoisotopic (exact) mass is 222 g/mol. The second kappa shape index (κ2) is 4.09. The first-order valence-corrected chi connectivity index (χ1v) is 4.44. The molecule has 0 bridgehead atoms. The number of carboxylic acid groups (broad SMARTS) is 1. The van der Waals surface area contributed by atoms with Crippen molar-refractivity contribution >= 4 is 5.97 Å². The molecule has 2 aromatic heterocycles. The summed E-state index contributed by atoms with van der Waals surface area (Å²) in [6.07, 6.45) is 2.07. The first-order chi connectivity index (χ1) is 7.66. The van der Waals surface area contributed by atoms with Gasteiger partial charge < -0.3 is 9.63 Å². The molecular formula is C10H7FN2O3. The van der Waals surface area contributed by atoms with Crippen LogP contribution in [0.25, 0.3) is 11.4 Å². The lowest BCUT2D eigenvalue weighted by Crippen LogP contribution is -2.00. The predicted octanol–water partition coefficient (Wildman–Crippen LogP) is 1.50. The van der Waals surface area contributed by atoms with Gasteiger partial charge in [-0.1, -0.05) is 5.16 Å². The summed E-state index contributed by atoms with van der Waals surface area (Å²) in [5.41, 5.74) is 1.11. The maximum absolute atomic E-state index is 12.6. The van der Waals surface area contributed by atoms with Gasteiger partial charge in [0, 0.05) is 5.56 Å². The predicted molar refractivity (Wildman–Crippen MR) is 51.0 cm³/mol. The van der Waals surface area contributed by atoms with E-state index < -0.39 is 11.8 Å². The fraction of sp³-hybridized carbons (Fsp3) is 0.100. The zero-order valence-corrected chi connectivity index (χ0v) is 8.05. The molecule has 2 heterocycles. The number of carbonyl (C=O) groups is 1. The summed E-state index contributed by atoms with van der Waals surface area (Å²) < 4.78 is 17.3. The third-order valence-electron chi connectivity index (χ3n) is 1.95. The molecule has 0 fully saturated rings. The Bertz CT molecular complexity index is 507. The topological polar surface area (TPSA) is 76.2 Å². The molecule has 5 nitrogen and oxygen atoms in total. The molecule has 0 atom stereocenters. The molecule has 0 aliphatic rings. The fourth-order valence-electron chi connectivity index (χ4n) is 1.27. The summed E-state index contributed by atoms with van der Waals surface area (Å²) in [7, 11) is 0. The molecule has 0 radical (unpaired) electrons. The third kappa shape index (κ3) is 2.05. The van der Waals surface area contributed by atoms with Gasteiger partial charge in [0.05, 0.1) is 18.3 Å². The Kier molecular flexibility index (Phi) is 2.63. The van der Waals surface area contributed by atoms with Crippen molar-refractivity contribution in [1.82, 2.24) is 10.1 Å². The van der Waals surface area contributed by atoms with Gasteiger partial charge in [-0.2, -0.15) is 0 Å². The molecule has 0 aliphatic carbocycles. The van der Waals surface area contributed by atoms with Crippen molar-refractivity contribution in [1.29, 1.82) is 0 Å². The summed E-state index contributed by atoms with van der Waals surface area (Å²) in [4.78, 5) is 14.4. The van der Waals surface area contributed by atoms with Crippen molar-refractivity contribution in [3.8, 4) is 11.4 Å². The minimum absolute atomic E-state index is 0.210. The zero-order valence-electron chi connectivity index (χ0n) is 8.05. The van der Waals surface area contributed by atoms with Gasteiger partial charge in [-0.25, -0.2) is 4.39 Å². The van der Waals surface area contributed by atoms with E-state index in [-0.39, 0.29) is 6.42 Å². The van der Waals surface area contributed by atoms with Crippen LogP contribution in [0, 0.1) is 5.82 Å². The molecule has 82 valence electrons. The summed E-state index contributed by atoms with van der Waals surface area (Å²) in [6.45, 7) is 0. The molecule has 2 rings (SSSR count). The van der Waals surface area contributed by atoms with Gasteiger partial charge in [0.2, 0.25) is 0 Å². The molecule has 0 unspecified atom stereocenters. The largest absolute Gasteiger partial charge is 0.481 e. The van der Waals surface area contributed by atoms with E-state index in [0.29, 0.717) is 17.0 Å². The molecule has 0 saturated carbocycles. The van der Waals surface area contributed by atoms with Gasteiger partial charge >= 0.3 is 5.97 Å². The van der Waals surface area contributed by atoms with Crippen LogP contribution in [0.5, 0.6) is 0 Å². The van der Waals surface area contributed by atoms with E-state index in [4.69, 9.17) is 5.11 Å². The lowest BCUT2D eigenvalue weighted by atomic mass is 10.1. The molecule has 2 aromatic rings. The standard InChI is InChI=1S/C10H7FN2O3/c11-7-1-2-8(12-4-7)10-6(3-9(14)15)5-16-13-10/h1-2,4-5H,3H2,(H,14,15). The average molecular weight is 222 g/mol. The van der Waals surface area contributed by atoms with Gasteiger partial charge in [0.1, 0.15) is 17.8 Å². The lowest BCUT2D eigenvalue weighted by molar-refractivity contribution is -0.136. The minimum atomic E-state index is -0.994. The molecule has 1 N–H and O–H groups in total. The smallest absolute Gasteiger partial charge is 0.308 e. The summed E-state index contributed by atoms with van der Waals surface area (Å²) >= 11 is 0. The van der Waals surface area contributed by atoms with Crippen molar-refractivity contribution in [3.63, 3.8) is 0 Å². The zero-order chi connectivity index (χ0) is 11.5. The SMILES string of the molecule is O=C(O)Cc1conc1-c1ccc(F)cn1. The van der Waals surface area contributed by atoms with E-state index in [2.05, 4.69) is 14.7 Å². The summed E-state index contributed by atoms with van der Waals surface area (Å²) in [6, 6.07) is 2.64.